The van der Waals surface area contributed by atoms with Gasteiger partial charge in [-0.1, -0.05) is 19.3 Å². The van der Waals surface area contributed by atoms with E-state index in [4.69, 9.17) is 0 Å². The van der Waals surface area contributed by atoms with Gasteiger partial charge in [0.05, 0.1) is 11.9 Å². The molecule has 90 valence electrons. The number of nitrogens with zero attached hydrogens (tertiary/aromatic N) is 2. The Morgan fingerprint density at radius 1 is 1.29 bits per heavy atom. The minimum atomic E-state index is 0.608. The molecular formula is C13H18N4. The molecule has 0 bridgehead atoms. The number of nitrogens with one attached hydrogen (secondary N) is 2. The Hall–Kier alpha value is -1.58. The van der Waals surface area contributed by atoms with Crippen LogP contribution in [-0.4, -0.2) is 21.2 Å². The first-order valence-corrected chi connectivity index (χ1v) is 6.40. The normalized spacial score (nSPS) is 17.5. The Balaban J connectivity index is 1.90. The Morgan fingerprint density at radius 2 is 2.12 bits per heavy atom. The Morgan fingerprint density at radius 3 is 2.94 bits per heavy atom. The van der Waals surface area contributed by atoms with E-state index in [1.807, 2.05) is 6.92 Å². The van der Waals surface area contributed by atoms with Crippen molar-refractivity contribution in [3.63, 3.8) is 0 Å². The second-order valence-corrected chi connectivity index (χ2v) is 4.92. The van der Waals surface area contributed by atoms with Crippen LogP contribution in [0.4, 0.5) is 5.69 Å². The van der Waals surface area contributed by atoms with E-state index in [1.54, 1.807) is 6.20 Å². The Labute approximate surface area is 101 Å². The third-order valence-electron chi connectivity index (χ3n) is 3.50. The van der Waals surface area contributed by atoms with Gasteiger partial charge in [0.15, 0.2) is 0 Å². The summed E-state index contributed by atoms with van der Waals surface area (Å²) in [6.07, 6.45) is 8.40. The van der Waals surface area contributed by atoms with Crippen molar-refractivity contribution in [3.8, 4) is 0 Å². The van der Waals surface area contributed by atoms with Crippen LogP contribution in [0.1, 0.15) is 37.8 Å². The number of H-pyrrole nitrogens is 1. The number of anilines is 1. The van der Waals surface area contributed by atoms with E-state index in [1.165, 1.54) is 32.1 Å². The molecule has 2 heterocycles. The minimum Gasteiger partial charge on any atom is -0.380 e. The highest BCUT2D eigenvalue weighted by Crippen LogP contribution is 2.25. The van der Waals surface area contributed by atoms with Gasteiger partial charge in [0, 0.05) is 11.7 Å². The fourth-order valence-electron chi connectivity index (χ4n) is 2.65. The number of rotatable bonds is 2. The highest BCUT2D eigenvalue weighted by molar-refractivity contribution is 5.87. The molecule has 4 nitrogen and oxygen atoms in total. The van der Waals surface area contributed by atoms with E-state index < -0.39 is 0 Å². The van der Waals surface area contributed by atoms with E-state index in [0.29, 0.717) is 6.04 Å². The van der Waals surface area contributed by atoms with Crippen molar-refractivity contribution >= 4 is 16.7 Å². The van der Waals surface area contributed by atoms with E-state index in [9.17, 15) is 0 Å². The molecule has 3 rings (SSSR count). The van der Waals surface area contributed by atoms with Crippen molar-refractivity contribution in [2.24, 2.45) is 0 Å². The minimum absolute atomic E-state index is 0.608. The summed E-state index contributed by atoms with van der Waals surface area (Å²) in [5.41, 5.74) is 4.17. The van der Waals surface area contributed by atoms with Crippen molar-refractivity contribution in [2.45, 2.75) is 45.1 Å². The van der Waals surface area contributed by atoms with Crippen LogP contribution in [0.15, 0.2) is 12.3 Å². The average Bonchev–Trinajstić information content (AvgIpc) is 2.78. The number of pyridine rings is 1. The molecule has 0 radical (unpaired) electrons. The van der Waals surface area contributed by atoms with Gasteiger partial charge in [-0.3, -0.25) is 5.10 Å². The summed E-state index contributed by atoms with van der Waals surface area (Å²) in [5, 5.41) is 10.7. The molecule has 2 aromatic heterocycles. The molecule has 0 aromatic carbocycles. The summed E-state index contributed by atoms with van der Waals surface area (Å²) >= 11 is 0. The van der Waals surface area contributed by atoms with Crippen molar-refractivity contribution in [2.75, 3.05) is 5.32 Å². The molecule has 0 unspecified atom stereocenters. The van der Waals surface area contributed by atoms with E-state index in [2.05, 4.69) is 26.6 Å². The number of fused-ring (bicyclic) bond motifs is 1. The van der Waals surface area contributed by atoms with Crippen LogP contribution in [0.3, 0.4) is 0 Å². The van der Waals surface area contributed by atoms with Gasteiger partial charge in [-0.2, -0.15) is 5.10 Å². The van der Waals surface area contributed by atoms with E-state index in [0.717, 1.165) is 22.4 Å². The number of aryl methyl sites for hydroxylation is 1. The van der Waals surface area contributed by atoms with Crippen LogP contribution in [-0.2, 0) is 0 Å². The second-order valence-electron chi connectivity index (χ2n) is 4.92. The van der Waals surface area contributed by atoms with Crippen molar-refractivity contribution < 1.29 is 0 Å². The number of aromatic nitrogens is 3. The quantitative estimate of drug-likeness (QED) is 0.833. The molecule has 2 N–H and O–H groups in total. The SMILES string of the molecule is Cc1cc(NC2CCCCC2)c2[nH]ncc2n1. The fourth-order valence-corrected chi connectivity index (χ4v) is 2.65. The van der Waals surface area contributed by atoms with Crippen LogP contribution >= 0.6 is 0 Å². The Kier molecular flexibility index (Phi) is 2.71. The summed E-state index contributed by atoms with van der Waals surface area (Å²) < 4.78 is 0. The largest absolute Gasteiger partial charge is 0.380 e. The zero-order valence-corrected chi connectivity index (χ0v) is 10.2. The fraction of sp³-hybridized carbons (Fsp3) is 0.538. The molecule has 0 atom stereocenters. The summed E-state index contributed by atoms with van der Waals surface area (Å²) in [4.78, 5) is 4.46. The lowest BCUT2D eigenvalue weighted by Gasteiger charge is -2.24. The monoisotopic (exact) mass is 230 g/mol. The van der Waals surface area contributed by atoms with Gasteiger partial charge in [0.25, 0.3) is 0 Å². The van der Waals surface area contributed by atoms with Crippen LogP contribution in [0.5, 0.6) is 0 Å². The van der Waals surface area contributed by atoms with Crippen LogP contribution in [0.2, 0.25) is 0 Å². The summed E-state index contributed by atoms with van der Waals surface area (Å²) in [5.74, 6) is 0. The predicted octanol–water partition coefficient (Wildman–Crippen LogP) is 3.01. The molecule has 1 aliphatic rings. The standard InChI is InChI=1S/C13H18N4/c1-9-7-11(13-12(15-9)8-14-17-13)16-10-5-3-2-4-6-10/h7-8,10H,2-6H2,1H3,(H,14,17)(H,15,16). The predicted molar refractivity (Wildman–Crippen MR) is 69.1 cm³/mol. The third kappa shape index (κ3) is 2.12. The lowest BCUT2D eigenvalue weighted by molar-refractivity contribution is 0.463. The molecule has 2 aromatic rings. The van der Waals surface area contributed by atoms with Gasteiger partial charge in [0.1, 0.15) is 11.0 Å². The maximum absolute atomic E-state index is 4.46. The molecule has 1 saturated carbocycles. The van der Waals surface area contributed by atoms with Gasteiger partial charge >= 0.3 is 0 Å². The lowest BCUT2D eigenvalue weighted by atomic mass is 9.95. The molecule has 4 heteroatoms. The van der Waals surface area contributed by atoms with Crippen molar-refractivity contribution in [1.82, 2.24) is 15.2 Å². The van der Waals surface area contributed by atoms with Crippen molar-refractivity contribution in [3.05, 3.63) is 18.0 Å². The topological polar surface area (TPSA) is 53.6 Å². The van der Waals surface area contributed by atoms with E-state index in [-0.39, 0.29) is 0 Å². The molecule has 0 amide bonds. The molecule has 0 aliphatic heterocycles. The summed E-state index contributed by atoms with van der Waals surface area (Å²) in [6, 6.07) is 2.71. The van der Waals surface area contributed by atoms with Crippen LogP contribution < -0.4 is 5.32 Å². The second kappa shape index (κ2) is 4.35. The highest BCUT2D eigenvalue weighted by atomic mass is 15.1. The molecule has 0 saturated heterocycles. The molecule has 1 aliphatic carbocycles. The summed E-state index contributed by atoms with van der Waals surface area (Å²) in [6.45, 7) is 2.03. The molecular weight excluding hydrogens is 212 g/mol. The molecule has 17 heavy (non-hydrogen) atoms. The number of hydrogen-bond acceptors (Lipinski definition) is 3. The van der Waals surface area contributed by atoms with Gasteiger partial charge in [-0.05, 0) is 25.8 Å². The molecule has 0 spiro atoms. The third-order valence-corrected chi connectivity index (χ3v) is 3.50. The van der Waals surface area contributed by atoms with E-state index >= 15 is 0 Å². The van der Waals surface area contributed by atoms with Gasteiger partial charge in [0.2, 0.25) is 0 Å². The first kappa shape index (κ1) is 10.6. The zero-order valence-electron chi connectivity index (χ0n) is 10.2. The van der Waals surface area contributed by atoms with Crippen LogP contribution in [0.25, 0.3) is 11.0 Å². The smallest absolute Gasteiger partial charge is 0.110 e. The first-order valence-electron chi connectivity index (χ1n) is 6.40. The van der Waals surface area contributed by atoms with Crippen LogP contribution in [0, 0.1) is 6.92 Å². The first-order chi connectivity index (χ1) is 8.33. The number of hydrogen-bond donors (Lipinski definition) is 2. The number of aromatic amines is 1. The highest BCUT2D eigenvalue weighted by Gasteiger charge is 2.15. The molecule has 1 fully saturated rings. The zero-order chi connectivity index (χ0) is 11.7. The van der Waals surface area contributed by atoms with Gasteiger partial charge in [-0.25, -0.2) is 4.98 Å². The van der Waals surface area contributed by atoms with Crippen molar-refractivity contribution in [1.29, 1.82) is 0 Å². The van der Waals surface area contributed by atoms with Gasteiger partial charge < -0.3 is 5.32 Å². The average molecular weight is 230 g/mol. The maximum atomic E-state index is 4.46. The maximum Gasteiger partial charge on any atom is 0.110 e. The lowest BCUT2D eigenvalue weighted by Crippen LogP contribution is -2.22. The Bertz CT molecular complexity index is 511. The van der Waals surface area contributed by atoms with Gasteiger partial charge in [-0.15, -0.1) is 0 Å². The summed E-state index contributed by atoms with van der Waals surface area (Å²) in [7, 11) is 0.